The second-order valence-corrected chi connectivity index (χ2v) is 7.16. The van der Waals surface area contributed by atoms with Crippen LogP contribution in [-0.2, 0) is 20.6 Å². The normalized spacial score (nSPS) is 21.3. The van der Waals surface area contributed by atoms with Gasteiger partial charge in [-0.15, -0.1) is 11.6 Å². The molecule has 114 valence electrons. The standard InChI is InChI=1S/C13H20ClNO4S/c1-9-12(7-14)13(10(2)19-9)20(16,17)15-6-4-5-11(8-15)18-3/h11H,4-8H2,1-3H3. The SMILES string of the molecule is COC1CCCN(S(=O)(=O)c2c(C)oc(C)c2CCl)C1. The highest BCUT2D eigenvalue weighted by Crippen LogP contribution is 2.31. The predicted molar refractivity (Wildman–Crippen MR) is 76.5 cm³/mol. The van der Waals surface area contributed by atoms with Crippen molar-refractivity contribution < 1.29 is 17.6 Å². The molecule has 0 radical (unpaired) electrons. The van der Waals surface area contributed by atoms with Crippen molar-refractivity contribution in [3.05, 3.63) is 17.1 Å². The molecule has 1 saturated heterocycles. The van der Waals surface area contributed by atoms with Crippen molar-refractivity contribution in [2.24, 2.45) is 0 Å². The molecule has 0 saturated carbocycles. The van der Waals surface area contributed by atoms with Crippen molar-refractivity contribution >= 4 is 21.6 Å². The van der Waals surface area contributed by atoms with Crippen LogP contribution in [0.1, 0.15) is 29.9 Å². The van der Waals surface area contributed by atoms with Gasteiger partial charge in [0.2, 0.25) is 10.0 Å². The van der Waals surface area contributed by atoms with Crippen molar-refractivity contribution in [3.63, 3.8) is 0 Å². The van der Waals surface area contributed by atoms with Gasteiger partial charge < -0.3 is 9.15 Å². The maximum Gasteiger partial charge on any atom is 0.246 e. The highest BCUT2D eigenvalue weighted by molar-refractivity contribution is 7.89. The number of furan rings is 1. The van der Waals surface area contributed by atoms with E-state index >= 15 is 0 Å². The fourth-order valence-electron chi connectivity index (χ4n) is 2.65. The van der Waals surface area contributed by atoms with E-state index < -0.39 is 10.0 Å². The average molecular weight is 322 g/mol. The number of sulfonamides is 1. The second kappa shape index (κ2) is 6.05. The lowest BCUT2D eigenvalue weighted by molar-refractivity contribution is 0.0571. The molecule has 1 fully saturated rings. The number of ether oxygens (including phenoxy) is 1. The zero-order valence-electron chi connectivity index (χ0n) is 12.0. The van der Waals surface area contributed by atoms with E-state index in [2.05, 4.69) is 0 Å². The zero-order valence-corrected chi connectivity index (χ0v) is 13.6. The quantitative estimate of drug-likeness (QED) is 0.799. The molecule has 7 heteroatoms. The summed E-state index contributed by atoms with van der Waals surface area (Å²) in [5.41, 5.74) is 0.559. The highest BCUT2D eigenvalue weighted by atomic mass is 35.5. The van der Waals surface area contributed by atoms with Crippen LogP contribution in [0.3, 0.4) is 0 Å². The van der Waals surface area contributed by atoms with Gasteiger partial charge in [-0.25, -0.2) is 8.42 Å². The molecule has 0 N–H and O–H groups in total. The summed E-state index contributed by atoms with van der Waals surface area (Å²) in [6.07, 6.45) is 1.63. The number of nitrogens with zero attached hydrogens (tertiary/aromatic N) is 1. The predicted octanol–water partition coefficient (Wildman–Crippen LogP) is 2.43. The number of methoxy groups -OCH3 is 1. The first kappa shape index (κ1) is 15.8. The van der Waals surface area contributed by atoms with Crippen LogP contribution in [0, 0.1) is 13.8 Å². The molecular formula is C13H20ClNO4S. The number of alkyl halides is 1. The fraction of sp³-hybridized carbons (Fsp3) is 0.692. The van der Waals surface area contributed by atoms with Crippen LogP contribution in [0.2, 0.25) is 0 Å². The smallest absolute Gasteiger partial charge is 0.246 e. The van der Waals surface area contributed by atoms with Gasteiger partial charge in [0.05, 0.1) is 12.0 Å². The van der Waals surface area contributed by atoms with Crippen molar-refractivity contribution in [2.75, 3.05) is 20.2 Å². The van der Waals surface area contributed by atoms with E-state index in [0.717, 1.165) is 12.8 Å². The monoisotopic (exact) mass is 321 g/mol. The van der Waals surface area contributed by atoms with Gasteiger partial charge in [-0.05, 0) is 26.7 Å². The number of aryl methyl sites for hydroxylation is 2. The van der Waals surface area contributed by atoms with Gasteiger partial charge >= 0.3 is 0 Å². The third-order valence-electron chi connectivity index (χ3n) is 3.73. The molecule has 0 spiro atoms. The summed E-state index contributed by atoms with van der Waals surface area (Å²) in [4.78, 5) is 0.224. The molecule has 0 amide bonds. The molecular weight excluding hydrogens is 302 g/mol. The Morgan fingerprint density at radius 2 is 2.10 bits per heavy atom. The first-order valence-corrected chi connectivity index (χ1v) is 8.57. The van der Waals surface area contributed by atoms with E-state index in [4.69, 9.17) is 20.8 Å². The van der Waals surface area contributed by atoms with Crippen LogP contribution >= 0.6 is 11.6 Å². The molecule has 1 aliphatic heterocycles. The Morgan fingerprint density at radius 1 is 1.40 bits per heavy atom. The lowest BCUT2D eigenvalue weighted by atomic mass is 10.1. The molecule has 1 aliphatic rings. The Kier molecular flexibility index (Phi) is 4.79. The summed E-state index contributed by atoms with van der Waals surface area (Å²) in [5.74, 6) is 1.09. The molecule has 0 aliphatic carbocycles. The van der Waals surface area contributed by atoms with Crippen molar-refractivity contribution in [1.29, 1.82) is 0 Å². The average Bonchev–Trinajstić information content (AvgIpc) is 2.73. The number of halogens is 1. The maximum absolute atomic E-state index is 12.8. The summed E-state index contributed by atoms with van der Waals surface area (Å²) in [6.45, 7) is 4.28. The van der Waals surface area contributed by atoms with Gasteiger partial charge in [0, 0.05) is 25.8 Å². The molecule has 1 aromatic rings. The van der Waals surface area contributed by atoms with Crippen LogP contribution in [0.5, 0.6) is 0 Å². The molecule has 20 heavy (non-hydrogen) atoms. The minimum Gasteiger partial charge on any atom is -0.465 e. The third-order valence-corrected chi connectivity index (χ3v) is 6.06. The maximum atomic E-state index is 12.8. The van der Waals surface area contributed by atoms with E-state index in [0.29, 0.717) is 30.2 Å². The van der Waals surface area contributed by atoms with Crippen LogP contribution in [0.4, 0.5) is 0 Å². The summed E-state index contributed by atoms with van der Waals surface area (Å²) < 4.78 is 37.8. The van der Waals surface area contributed by atoms with Crippen LogP contribution in [0.15, 0.2) is 9.31 Å². The second-order valence-electron chi connectivity index (χ2n) is 5.02. The first-order chi connectivity index (χ1) is 9.41. The number of rotatable bonds is 4. The molecule has 2 heterocycles. The zero-order chi connectivity index (χ0) is 14.9. The number of hydrogen-bond donors (Lipinski definition) is 0. The van der Waals surface area contributed by atoms with E-state index in [9.17, 15) is 8.42 Å². The highest BCUT2D eigenvalue weighted by Gasteiger charge is 2.35. The molecule has 2 rings (SSSR count). The lowest BCUT2D eigenvalue weighted by Crippen LogP contribution is -2.43. The van der Waals surface area contributed by atoms with Gasteiger partial charge in [0.15, 0.2) is 0 Å². The Balaban J connectivity index is 2.40. The van der Waals surface area contributed by atoms with Crippen LogP contribution in [-0.4, -0.2) is 39.0 Å². The molecule has 0 aromatic carbocycles. The summed E-state index contributed by atoms with van der Waals surface area (Å²) in [5, 5.41) is 0. The van der Waals surface area contributed by atoms with Gasteiger partial charge in [-0.1, -0.05) is 0 Å². The Hall–Kier alpha value is -0.560. The van der Waals surface area contributed by atoms with Gasteiger partial charge in [-0.3, -0.25) is 0 Å². The van der Waals surface area contributed by atoms with E-state index in [-0.39, 0.29) is 16.9 Å². The Morgan fingerprint density at radius 3 is 2.70 bits per heavy atom. The van der Waals surface area contributed by atoms with Crippen LogP contribution in [0.25, 0.3) is 0 Å². The largest absolute Gasteiger partial charge is 0.465 e. The van der Waals surface area contributed by atoms with Gasteiger partial charge in [0.25, 0.3) is 0 Å². The van der Waals surface area contributed by atoms with Crippen molar-refractivity contribution in [2.45, 2.75) is 43.6 Å². The fourth-order valence-corrected chi connectivity index (χ4v) is 4.97. The Labute approximate surface area is 124 Å². The number of piperidine rings is 1. The lowest BCUT2D eigenvalue weighted by Gasteiger charge is -2.31. The minimum absolute atomic E-state index is 0.0497. The van der Waals surface area contributed by atoms with E-state index in [1.807, 2.05) is 0 Å². The van der Waals surface area contributed by atoms with E-state index in [1.165, 1.54) is 4.31 Å². The number of hydrogen-bond acceptors (Lipinski definition) is 4. The summed E-state index contributed by atoms with van der Waals surface area (Å²) >= 11 is 5.88. The van der Waals surface area contributed by atoms with Crippen molar-refractivity contribution in [1.82, 2.24) is 4.31 Å². The summed E-state index contributed by atoms with van der Waals surface area (Å²) in [7, 11) is -1.97. The first-order valence-electron chi connectivity index (χ1n) is 6.59. The molecule has 1 aromatic heterocycles. The molecule has 1 atom stereocenters. The van der Waals surface area contributed by atoms with Gasteiger partial charge in [-0.2, -0.15) is 4.31 Å². The topological polar surface area (TPSA) is 59.8 Å². The van der Waals surface area contributed by atoms with Crippen molar-refractivity contribution in [3.8, 4) is 0 Å². The minimum atomic E-state index is -3.58. The third kappa shape index (κ3) is 2.74. The van der Waals surface area contributed by atoms with Gasteiger partial charge in [0.1, 0.15) is 16.4 Å². The molecule has 5 nitrogen and oxygen atoms in total. The van der Waals surface area contributed by atoms with E-state index in [1.54, 1.807) is 21.0 Å². The Bertz CT molecular complexity index is 581. The molecule has 0 bridgehead atoms. The molecule has 1 unspecified atom stereocenters. The summed E-state index contributed by atoms with van der Waals surface area (Å²) in [6, 6.07) is 0. The van der Waals surface area contributed by atoms with Crippen LogP contribution < -0.4 is 0 Å².